The van der Waals surface area contributed by atoms with Gasteiger partial charge in [0.25, 0.3) is 10.0 Å². The van der Waals surface area contributed by atoms with Crippen LogP contribution in [0.1, 0.15) is 13.8 Å². The second kappa shape index (κ2) is 6.34. The first kappa shape index (κ1) is 15.6. The number of nitrogens with one attached hydrogen (secondary N) is 1. The Hall–Kier alpha value is -0.760. The van der Waals surface area contributed by atoms with Crippen LogP contribution >= 0.6 is 23.4 Å². The number of hydrogen-bond acceptors (Lipinski definition) is 4. The van der Waals surface area contributed by atoms with E-state index in [4.69, 9.17) is 11.6 Å². The fourth-order valence-corrected chi connectivity index (χ4v) is 4.50. The van der Waals surface area contributed by atoms with Gasteiger partial charge in [-0.1, -0.05) is 24.6 Å². The molecule has 110 valence electrons. The fraction of sp³-hybridized carbons (Fsp3) is 0.417. The molecule has 2 aromatic heterocycles. The van der Waals surface area contributed by atoms with Gasteiger partial charge in [0.15, 0.2) is 10.2 Å². The summed E-state index contributed by atoms with van der Waals surface area (Å²) in [7, 11) is -3.70. The first-order chi connectivity index (χ1) is 9.45. The van der Waals surface area contributed by atoms with Gasteiger partial charge < -0.3 is 0 Å². The minimum atomic E-state index is -3.70. The van der Waals surface area contributed by atoms with Gasteiger partial charge >= 0.3 is 0 Å². The monoisotopic (exact) mass is 333 g/mol. The van der Waals surface area contributed by atoms with Crippen molar-refractivity contribution in [2.45, 2.75) is 24.9 Å². The topological polar surface area (TPSA) is 63.5 Å². The molecule has 0 spiro atoms. The Balaban J connectivity index is 2.34. The smallest absolute Gasteiger partial charge is 0.260 e. The van der Waals surface area contributed by atoms with Gasteiger partial charge in [-0.2, -0.15) is 11.8 Å². The lowest BCUT2D eigenvalue weighted by atomic mass is 10.4. The number of halogens is 1. The average molecular weight is 334 g/mol. The van der Waals surface area contributed by atoms with E-state index in [-0.39, 0.29) is 16.2 Å². The molecule has 0 aliphatic carbocycles. The second-order valence-corrected chi connectivity index (χ2v) is 7.62. The zero-order valence-corrected chi connectivity index (χ0v) is 13.6. The van der Waals surface area contributed by atoms with E-state index < -0.39 is 10.0 Å². The lowest BCUT2D eigenvalue weighted by Crippen LogP contribution is -2.35. The molecule has 1 unspecified atom stereocenters. The third-order valence-electron chi connectivity index (χ3n) is 2.63. The normalized spacial score (nSPS) is 13.8. The van der Waals surface area contributed by atoms with Crippen LogP contribution in [0.2, 0.25) is 5.15 Å². The van der Waals surface area contributed by atoms with Gasteiger partial charge in [-0.25, -0.2) is 18.1 Å². The molecule has 8 heteroatoms. The maximum Gasteiger partial charge on any atom is 0.260 e. The lowest BCUT2D eigenvalue weighted by molar-refractivity contribution is 0.566. The molecule has 0 bridgehead atoms. The van der Waals surface area contributed by atoms with Crippen molar-refractivity contribution in [1.82, 2.24) is 14.1 Å². The number of hydrogen-bond donors (Lipinski definition) is 1. The van der Waals surface area contributed by atoms with Crippen LogP contribution in [0, 0.1) is 0 Å². The molecule has 1 N–H and O–H groups in total. The number of sulfonamides is 1. The third-order valence-corrected chi connectivity index (χ3v) is 5.76. The van der Waals surface area contributed by atoms with E-state index in [0.29, 0.717) is 11.4 Å². The number of imidazole rings is 1. The number of nitrogens with zero attached hydrogens (tertiary/aromatic N) is 2. The summed E-state index contributed by atoms with van der Waals surface area (Å²) in [5.74, 6) is 1.66. The van der Waals surface area contributed by atoms with Gasteiger partial charge in [-0.05, 0) is 24.8 Å². The zero-order valence-electron chi connectivity index (χ0n) is 11.2. The quantitative estimate of drug-likeness (QED) is 0.881. The summed E-state index contributed by atoms with van der Waals surface area (Å²) in [5.41, 5.74) is 0.508. The first-order valence-corrected chi connectivity index (χ1v) is 9.20. The standard InChI is InChI=1S/C12H16ClN3O2S2/c1-3-19-8-9(2)15-20(17,18)12-11(13)14-10-6-4-5-7-16(10)12/h4-7,9,15H,3,8H2,1-2H3. The molecule has 2 rings (SSSR count). The van der Waals surface area contributed by atoms with E-state index in [1.807, 2.05) is 13.8 Å². The van der Waals surface area contributed by atoms with Crippen molar-refractivity contribution >= 4 is 39.0 Å². The summed E-state index contributed by atoms with van der Waals surface area (Å²) in [5, 5.41) is -0.0258. The van der Waals surface area contributed by atoms with Crippen LogP contribution < -0.4 is 4.72 Å². The molecule has 0 aliphatic rings. The number of fused-ring (bicyclic) bond motifs is 1. The van der Waals surface area contributed by atoms with Crippen LogP contribution in [0.3, 0.4) is 0 Å². The van der Waals surface area contributed by atoms with Gasteiger partial charge in [0.1, 0.15) is 5.65 Å². The van der Waals surface area contributed by atoms with Crippen molar-refractivity contribution in [3.05, 3.63) is 29.5 Å². The highest BCUT2D eigenvalue weighted by atomic mass is 35.5. The van der Waals surface area contributed by atoms with Crippen LogP contribution in [0.5, 0.6) is 0 Å². The highest BCUT2D eigenvalue weighted by molar-refractivity contribution is 7.99. The summed E-state index contributed by atoms with van der Waals surface area (Å²) in [6.07, 6.45) is 1.63. The summed E-state index contributed by atoms with van der Waals surface area (Å²) >= 11 is 7.66. The van der Waals surface area contributed by atoms with E-state index >= 15 is 0 Å². The van der Waals surface area contributed by atoms with Crippen LogP contribution in [0.4, 0.5) is 0 Å². The van der Waals surface area contributed by atoms with Crippen molar-refractivity contribution in [3.63, 3.8) is 0 Å². The Bertz CT molecular complexity index is 700. The van der Waals surface area contributed by atoms with Crippen LogP contribution in [-0.4, -0.2) is 35.4 Å². The van der Waals surface area contributed by atoms with E-state index in [1.54, 1.807) is 36.2 Å². The van der Waals surface area contributed by atoms with E-state index in [2.05, 4.69) is 9.71 Å². The van der Waals surface area contributed by atoms with Crippen LogP contribution in [-0.2, 0) is 10.0 Å². The Morgan fingerprint density at radius 2 is 2.25 bits per heavy atom. The molecular formula is C12H16ClN3O2S2. The van der Waals surface area contributed by atoms with Crippen molar-refractivity contribution in [2.75, 3.05) is 11.5 Å². The minimum Gasteiger partial charge on any atom is -0.288 e. The maximum absolute atomic E-state index is 12.4. The highest BCUT2D eigenvalue weighted by Gasteiger charge is 2.25. The number of aromatic nitrogens is 2. The Morgan fingerprint density at radius 1 is 1.50 bits per heavy atom. The summed E-state index contributed by atoms with van der Waals surface area (Å²) < 4.78 is 29.0. The Morgan fingerprint density at radius 3 is 2.95 bits per heavy atom. The summed E-state index contributed by atoms with van der Waals surface area (Å²) in [6.45, 7) is 3.87. The Labute approximate surface area is 127 Å². The van der Waals surface area contributed by atoms with Gasteiger partial charge in [0.2, 0.25) is 0 Å². The minimum absolute atomic E-state index is 0.0110. The molecule has 5 nitrogen and oxygen atoms in total. The van der Waals surface area contributed by atoms with Gasteiger partial charge in [0.05, 0.1) is 0 Å². The summed E-state index contributed by atoms with van der Waals surface area (Å²) in [6, 6.07) is 5.06. The molecule has 0 aliphatic heterocycles. The Kier molecular flexibility index (Phi) is 4.95. The van der Waals surface area contributed by atoms with E-state index in [1.165, 1.54) is 4.40 Å². The number of rotatable bonds is 6. The molecule has 2 heterocycles. The molecule has 1 atom stereocenters. The van der Waals surface area contributed by atoms with Crippen molar-refractivity contribution in [2.24, 2.45) is 0 Å². The molecule has 0 fully saturated rings. The largest absolute Gasteiger partial charge is 0.288 e. The molecule has 20 heavy (non-hydrogen) atoms. The number of pyridine rings is 1. The molecular weight excluding hydrogens is 318 g/mol. The van der Waals surface area contributed by atoms with Crippen molar-refractivity contribution < 1.29 is 8.42 Å². The van der Waals surface area contributed by atoms with Gasteiger partial charge in [0, 0.05) is 18.0 Å². The van der Waals surface area contributed by atoms with Crippen molar-refractivity contribution in [1.29, 1.82) is 0 Å². The second-order valence-electron chi connectivity index (χ2n) is 4.32. The maximum atomic E-state index is 12.4. The third kappa shape index (κ3) is 3.28. The lowest BCUT2D eigenvalue weighted by Gasteiger charge is -2.13. The molecule has 0 saturated carbocycles. The van der Waals surface area contributed by atoms with Crippen LogP contribution in [0.25, 0.3) is 5.65 Å². The van der Waals surface area contributed by atoms with E-state index in [9.17, 15) is 8.42 Å². The van der Waals surface area contributed by atoms with Crippen molar-refractivity contribution in [3.8, 4) is 0 Å². The average Bonchev–Trinajstić information content (AvgIpc) is 2.72. The molecule has 0 aromatic carbocycles. The van der Waals surface area contributed by atoms with Gasteiger partial charge in [-0.3, -0.25) is 4.40 Å². The SMILES string of the molecule is CCSCC(C)NS(=O)(=O)c1c(Cl)nc2ccccn12. The van der Waals surface area contributed by atoms with Crippen LogP contribution in [0.15, 0.2) is 29.4 Å². The molecule has 2 aromatic rings. The molecule has 0 saturated heterocycles. The molecule has 0 radical (unpaired) electrons. The highest BCUT2D eigenvalue weighted by Crippen LogP contribution is 2.22. The molecule has 0 amide bonds. The van der Waals surface area contributed by atoms with E-state index in [0.717, 1.165) is 5.75 Å². The summed E-state index contributed by atoms with van der Waals surface area (Å²) in [4.78, 5) is 4.05. The predicted molar refractivity (Wildman–Crippen MR) is 83.0 cm³/mol. The zero-order chi connectivity index (χ0) is 14.8. The fourth-order valence-electron chi connectivity index (χ4n) is 1.83. The first-order valence-electron chi connectivity index (χ1n) is 6.18. The predicted octanol–water partition coefficient (Wildman–Crippen LogP) is 2.41. The number of thioether (sulfide) groups is 1. The van der Waals surface area contributed by atoms with Gasteiger partial charge in [-0.15, -0.1) is 0 Å².